The number of nitrogens with one attached hydrogen (secondary N) is 1. The topological polar surface area (TPSA) is 103 Å². The highest BCUT2D eigenvalue weighted by molar-refractivity contribution is 7.89. The SMILES string of the molecule is Cc1c(CN)cccc1S(=O)(=O)NCCCn1ccnn1. The minimum Gasteiger partial charge on any atom is -0.326 e. The molecular formula is C13H19N5O2S. The van der Waals surface area contributed by atoms with Crippen LogP contribution in [0.15, 0.2) is 35.5 Å². The van der Waals surface area contributed by atoms with Gasteiger partial charge in [0.1, 0.15) is 0 Å². The summed E-state index contributed by atoms with van der Waals surface area (Å²) in [6.45, 7) is 3.05. The molecule has 1 aromatic carbocycles. The van der Waals surface area contributed by atoms with Crippen LogP contribution < -0.4 is 10.5 Å². The maximum absolute atomic E-state index is 12.3. The summed E-state index contributed by atoms with van der Waals surface area (Å²) >= 11 is 0. The van der Waals surface area contributed by atoms with Gasteiger partial charge in [-0.2, -0.15) is 0 Å². The van der Waals surface area contributed by atoms with Gasteiger partial charge in [0.05, 0.1) is 11.1 Å². The maximum atomic E-state index is 12.3. The molecule has 2 rings (SSSR count). The van der Waals surface area contributed by atoms with E-state index >= 15 is 0 Å². The monoisotopic (exact) mass is 309 g/mol. The highest BCUT2D eigenvalue weighted by atomic mass is 32.2. The third-order valence-electron chi connectivity index (χ3n) is 3.23. The Hall–Kier alpha value is -1.77. The second-order valence-corrected chi connectivity index (χ2v) is 6.40. The van der Waals surface area contributed by atoms with Crippen molar-refractivity contribution in [1.82, 2.24) is 19.7 Å². The van der Waals surface area contributed by atoms with Gasteiger partial charge in [-0.15, -0.1) is 5.10 Å². The fourth-order valence-corrected chi connectivity index (χ4v) is 3.41. The summed E-state index contributed by atoms with van der Waals surface area (Å²) < 4.78 is 28.9. The van der Waals surface area contributed by atoms with Gasteiger partial charge in [-0.05, 0) is 30.5 Å². The van der Waals surface area contributed by atoms with Gasteiger partial charge in [0, 0.05) is 25.8 Å². The molecule has 0 aliphatic heterocycles. The highest BCUT2D eigenvalue weighted by Crippen LogP contribution is 2.18. The Labute approximate surface area is 124 Å². The molecule has 2 aromatic rings. The molecule has 21 heavy (non-hydrogen) atoms. The summed E-state index contributed by atoms with van der Waals surface area (Å²) in [5.41, 5.74) is 7.14. The number of nitrogens with two attached hydrogens (primary N) is 1. The fourth-order valence-electron chi connectivity index (χ4n) is 2.05. The lowest BCUT2D eigenvalue weighted by atomic mass is 10.1. The van der Waals surface area contributed by atoms with Crippen molar-refractivity contribution in [3.05, 3.63) is 41.7 Å². The summed E-state index contributed by atoms with van der Waals surface area (Å²) in [5.74, 6) is 0. The van der Waals surface area contributed by atoms with Crippen LogP contribution in [-0.2, 0) is 23.1 Å². The second kappa shape index (κ2) is 6.79. The van der Waals surface area contributed by atoms with Crippen LogP contribution >= 0.6 is 0 Å². The third kappa shape index (κ3) is 3.87. The molecule has 0 atom stereocenters. The number of sulfonamides is 1. The second-order valence-electron chi connectivity index (χ2n) is 4.66. The van der Waals surface area contributed by atoms with Crippen molar-refractivity contribution in [3.63, 3.8) is 0 Å². The maximum Gasteiger partial charge on any atom is 0.240 e. The van der Waals surface area contributed by atoms with Gasteiger partial charge in [0.2, 0.25) is 10.0 Å². The van der Waals surface area contributed by atoms with Gasteiger partial charge in [0.25, 0.3) is 0 Å². The zero-order chi connectivity index (χ0) is 15.3. The average molecular weight is 309 g/mol. The Morgan fingerprint density at radius 3 is 2.86 bits per heavy atom. The number of nitrogens with zero attached hydrogens (tertiary/aromatic N) is 3. The molecule has 1 heterocycles. The molecule has 0 unspecified atom stereocenters. The minimum absolute atomic E-state index is 0.284. The number of hydrogen-bond donors (Lipinski definition) is 2. The number of hydrogen-bond acceptors (Lipinski definition) is 5. The molecule has 0 saturated carbocycles. The predicted octanol–water partition coefficient (Wildman–Crippen LogP) is 0.414. The Bertz CT molecular complexity index is 683. The van der Waals surface area contributed by atoms with E-state index in [1.165, 1.54) is 0 Å². The Morgan fingerprint density at radius 2 is 2.19 bits per heavy atom. The molecule has 0 spiro atoms. The minimum atomic E-state index is -3.52. The van der Waals surface area contributed by atoms with Crippen LogP contribution in [0, 0.1) is 6.92 Å². The van der Waals surface area contributed by atoms with E-state index in [1.807, 2.05) is 6.07 Å². The normalized spacial score (nSPS) is 11.7. The van der Waals surface area contributed by atoms with E-state index < -0.39 is 10.0 Å². The first-order valence-electron chi connectivity index (χ1n) is 6.67. The van der Waals surface area contributed by atoms with Crippen LogP contribution in [0.2, 0.25) is 0 Å². The molecule has 8 heteroatoms. The van der Waals surface area contributed by atoms with Gasteiger partial charge < -0.3 is 5.73 Å². The largest absolute Gasteiger partial charge is 0.326 e. The van der Waals surface area contributed by atoms with Crippen LogP contribution in [0.3, 0.4) is 0 Å². The smallest absolute Gasteiger partial charge is 0.240 e. The van der Waals surface area contributed by atoms with Crippen molar-refractivity contribution in [2.75, 3.05) is 6.54 Å². The first-order chi connectivity index (χ1) is 10.0. The van der Waals surface area contributed by atoms with Crippen LogP contribution in [0.25, 0.3) is 0 Å². The predicted molar refractivity (Wildman–Crippen MR) is 78.9 cm³/mol. The van der Waals surface area contributed by atoms with Crippen molar-refractivity contribution in [2.24, 2.45) is 5.73 Å². The molecule has 0 bridgehead atoms. The average Bonchev–Trinajstić information content (AvgIpc) is 2.97. The molecule has 0 saturated heterocycles. The number of aromatic nitrogens is 3. The van der Waals surface area contributed by atoms with E-state index in [2.05, 4.69) is 15.0 Å². The molecule has 0 radical (unpaired) electrons. The summed E-state index contributed by atoms with van der Waals surface area (Å²) in [5, 5.41) is 7.51. The zero-order valence-electron chi connectivity index (χ0n) is 11.9. The Morgan fingerprint density at radius 1 is 1.38 bits per heavy atom. The van der Waals surface area contributed by atoms with E-state index in [0.29, 0.717) is 31.6 Å². The van der Waals surface area contributed by atoms with E-state index in [4.69, 9.17) is 5.73 Å². The van der Waals surface area contributed by atoms with Crippen molar-refractivity contribution in [2.45, 2.75) is 31.3 Å². The lowest BCUT2D eigenvalue weighted by molar-refractivity contribution is 0.542. The molecule has 114 valence electrons. The van der Waals surface area contributed by atoms with Gasteiger partial charge in [-0.1, -0.05) is 17.3 Å². The lowest BCUT2D eigenvalue weighted by Gasteiger charge is -2.11. The number of aryl methyl sites for hydroxylation is 1. The van der Waals surface area contributed by atoms with E-state index in [0.717, 1.165) is 5.56 Å². The van der Waals surface area contributed by atoms with Crippen LogP contribution in [0.4, 0.5) is 0 Å². The highest BCUT2D eigenvalue weighted by Gasteiger charge is 2.17. The van der Waals surface area contributed by atoms with Crippen molar-refractivity contribution >= 4 is 10.0 Å². The Balaban J connectivity index is 1.98. The molecule has 3 N–H and O–H groups in total. The molecule has 0 aliphatic carbocycles. The standard InChI is InChI=1S/C13H19N5O2S/c1-11-12(10-14)4-2-5-13(11)21(19,20)16-6-3-8-18-9-7-15-17-18/h2,4-5,7,9,16H,3,6,8,10,14H2,1H3. The first kappa shape index (κ1) is 15.6. The number of rotatable bonds is 7. The van der Waals surface area contributed by atoms with Gasteiger partial charge in [0.15, 0.2) is 0 Å². The van der Waals surface area contributed by atoms with Crippen LogP contribution in [0.1, 0.15) is 17.5 Å². The summed E-state index contributed by atoms with van der Waals surface area (Å²) in [6, 6.07) is 5.13. The fraction of sp³-hybridized carbons (Fsp3) is 0.385. The van der Waals surface area contributed by atoms with Crippen molar-refractivity contribution in [3.8, 4) is 0 Å². The molecular weight excluding hydrogens is 290 g/mol. The van der Waals surface area contributed by atoms with E-state index in [1.54, 1.807) is 36.1 Å². The Kier molecular flexibility index (Phi) is 5.05. The van der Waals surface area contributed by atoms with Gasteiger partial charge in [-0.25, -0.2) is 13.1 Å². The van der Waals surface area contributed by atoms with Gasteiger partial charge >= 0.3 is 0 Å². The molecule has 0 amide bonds. The van der Waals surface area contributed by atoms with Crippen LogP contribution in [0.5, 0.6) is 0 Å². The summed E-state index contributed by atoms with van der Waals surface area (Å²) in [4.78, 5) is 0.284. The van der Waals surface area contributed by atoms with Crippen molar-refractivity contribution < 1.29 is 8.42 Å². The van der Waals surface area contributed by atoms with E-state index in [-0.39, 0.29) is 4.90 Å². The zero-order valence-corrected chi connectivity index (χ0v) is 12.7. The summed E-state index contributed by atoms with van der Waals surface area (Å²) in [7, 11) is -3.52. The third-order valence-corrected chi connectivity index (χ3v) is 4.84. The van der Waals surface area contributed by atoms with Crippen molar-refractivity contribution in [1.29, 1.82) is 0 Å². The molecule has 7 nitrogen and oxygen atoms in total. The number of benzene rings is 1. The van der Waals surface area contributed by atoms with Gasteiger partial charge in [-0.3, -0.25) is 4.68 Å². The van der Waals surface area contributed by atoms with E-state index in [9.17, 15) is 8.42 Å². The van der Waals surface area contributed by atoms with Crippen LogP contribution in [-0.4, -0.2) is 30.0 Å². The lowest BCUT2D eigenvalue weighted by Crippen LogP contribution is -2.26. The molecule has 0 aliphatic rings. The molecule has 1 aromatic heterocycles. The quantitative estimate of drug-likeness (QED) is 0.721. The first-order valence-corrected chi connectivity index (χ1v) is 8.15. The summed E-state index contributed by atoms with van der Waals surface area (Å²) in [6.07, 6.45) is 3.97. The molecule has 0 fully saturated rings.